The van der Waals surface area contributed by atoms with Crippen molar-refractivity contribution >= 4 is 0 Å². The average molecular weight is 253 g/mol. The van der Waals surface area contributed by atoms with Crippen LogP contribution in [0.15, 0.2) is 0 Å². The molecule has 3 unspecified atom stereocenters. The van der Waals surface area contributed by atoms with Crippen molar-refractivity contribution in [2.45, 2.75) is 84.5 Å². The van der Waals surface area contributed by atoms with Crippen molar-refractivity contribution in [1.82, 2.24) is 0 Å². The molecule has 1 aliphatic rings. The van der Waals surface area contributed by atoms with Gasteiger partial charge in [0, 0.05) is 0 Å². The Bertz CT molecular complexity index is 190. The zero-order chi connectivity index (χ0) is 13.2. The normalized spacial score (nSPS) is 28.5. The molecule has 0 aromatic heterocycles. The minimum Gasteiger partial charge on any atom is -0.330 e. The average Bonchev–Trinajstić information content (AvgIpc) is 2.42. The van der Waals surface area contributed by atoms with Crippen LogP contribution in [0.25, 0.3) is 0 Å². The van der Waals surface area contributed by atoms with Gasteiger partial charge < -0.3 is 5.73 Å². The molecular formula is C17H35N. The third kappa shape index (κ3) is 5.73. The highest BCUT2D eigenvalue weighted by Gasteiger charge is 2.28. The van der Waals surface area contributed by atoms with Crippen molar-refractivity contribution in [2.24, 2.45) is 23.5 Å². The van der Waals surface area contributed by atoms with Gasteiger partial charge >= 0.3 is 0 Å². The van der Waals surface area contributed by atoms with Gasteiger partial charge in [-0.25, -0.2) is 0 Å². The lowest BCUT2D eigenvalue weighted by molar-refractivity contribution is 0.168. The monoisotopic (exact) mass is 253 g/mol. The van der Waals surface area contributed by atoms with E-state index in [2.05, 4.69) is 13.8 Å². The minimum absolute atomic E-state index is 0.837. The maximum absolute atomic E-state index is 5.95. The van der Waals surface area contributed by atoms with E-state index in [0.29, 0.717) is 0 Å². The molecule has 0 bridgehead atoms. The first-order chi connectivity index (χ1) is 8.81. The van der Waals surface area contributed by atoms with E-state index in [1.807, 2.05) is 0 Å². The zero-order valence-corrected chi connectivity index (χ0v) is 12.8. The molecule has 2 N–H and O–H groups in total. The second-order valence-corrected chi connectivity index (χ2v) is 6.40. The molecule has 0 aliphatic heterocycles. The molecule has 18 heavy (non-hydrogen) atoms. The van der Waals surface area contributed by atoms with Crippen LogP contribution >= 0.6 is 0 Å². The van der Waals surface area contributed by atoms with Gasteiger partial charge in [-0.1, -0.05) is 71.6 Å². The summed E-state index contributed by atoms with van der Waals surface area (Å²) in [5.74, 6) is 2.78. The van der Waals surface area contributed by atoms with Gasteiger partial charge in [-0.05, 0) is 37.1 Å². The van der Waals surface area contributed by atoms with Crippen molar-refractivity contribution in [1.29, 1.82) is 0 Å². The van der Waals surface area contributed by atoms with Crippen LogP contribution in [0.4, 0.5) is 0 Å². The lowest BCUT2D eigenvalue weighted by Gasteiger charge is -2.35. The van der Waals surface area contributed by atoms with Crippen LogP contribution < -0.4 is 5.73 Å². The number of unbranched alkanes of at least 4 members (excludes halogenated alkanes) is 5. The van der Waals surface area contributed by atoms with Gasteiger partial charge in [0.05, 0.1) is 0 Å². The molecule has 1 saturated carbocycles. The predicted molar refractivity (Wildman–Crippen MR) is 81.7 cm³/mol. The van der Waals surface area contributed by atoms with E-state index in [9.17, 15) is 0 Å². The highest BCUT2D eigenvalue weighted by molar-refractivity contribution is 4.80. The van der Waals surface area contributed by atoms with E-state index in [-0.39, 0.29) is 0 Å². The molecule has 0 aromatic carbocycles. The van der Waals surface area contributed by atoms with Crippen LogP contribution in [0.1, 0.15) is 84.5 Å². The number of hydrogen-bond donors (Lipinski definition) is 1. The summed E-state index contributed by atoms with van der Waals surface area (Å²) in [6.45, 7) is 5.57. The molecule has 0 radical (unpaired) electrons. The quantitative estimate of drug-likeness (QED) is 0.566. The summed E-state index contributed by atoms with van der Waals surface area (Å²) in [4.78, 5) is 0. The smallest absolute Gasteiger partial charge is 0.00462 e. The Morgan fingerprint density at radius 2 is 1.61 bits per heavy atom. The maximum atomic E-state index is 5.95. The Hall–Kier alpha value is -0.0400. The molecule has 3 atom stereocenters. The molecule has 1 nitrogen and oxygen atoms in total. The second kappa shape index (κ2) is 9.83. The van der Waals surface area contributed by atoms with Crippen LogP contribution in [-0.4, -0.2) is 6.54 Å². The predicted octanol–water partition coefficient (Wildman–Crippen LogP) is 5.14. The molecule has 0 aromatic rings. The fourth-order valence-corrected chi connectivity index (χ4v) is 3.65. The first kappa shape index (κ1) is 16.0. The minimum atomic E-state index is 0.837. The van der Waals surface area contributed by atoms with E-state index >= 15 is 0 Å². The van der Waals surface area contributed by atoms with Crippen molar-refractivity contribution in [3.05, 3.63) is 0 Å². The summed E-state index contributed by atoms with van der Waals surface area (Å²) in [7, 11) is 0. The largest absolute Gasteiger partial charge is 0.330 e. The lowest BCUT2D eigenvalue weighted by atomic mass is 9.71. The number of nitrogens with two attached hydrogens (primary N) is 1. The number of rotatable bonds is 9. The molecule has 1 rings (SSSR count). The first-order valence-electron chi connectivity index (χ1n) is 8.51. The van der Waals surface area contributed by atoms with Crippen LogP contribution in [0.5, 0.6) is 0 Å². The molecule has 1 heteroatoms. The molecule has 1 fully saturated rings. The Labute approximate surface area is 115 Å². The van der Waals surface area contributed by atoms with Gasteiger partial charge in [-0.15, -0.1) is 0 Å². The molecule has 0 spiro atoms. The van der Waals surface area contributed by atoms with Crippen LogP contribution in [0.3, 0.4) is 0 Å². The van der Waals surface area contributed by atoms with Gasteiger partial charge in [0.1, 0.15) is 0 Å². The van der Waals surface area contributed by atoms with E-state index in [0.717, 1.165) is 24.3 Å². The molecular weight excluding hydrogens is 218 g/mol. The number of hydrogen-bond acceptors (Lipinski definition) is 1. The molecule has 0 amide bonds. The lowest BCUT2D eigenvalue weighted by Crippen LogP contribution is -2.30. The fourth-order valence-electron chi connectivity index (χ4n) is 3.65. The van der Waals surface area contributed by atoms with Gasteiger partial charge in [-0.3, -0.25) is 0 Å². The van der Waals surface area contributed by atoms with Crippen molar-refractivity contribution in [3.63, 3.8) is 0 Å². The van der Waals surface area contributed by atoms with E-state index in [1.54, 1.807) is 0 Å². The topological polar surface area (TPSA) is 26.0 Å². The summed E-state index contributed by atoms with van der Waals surface area (Å²) in [5, 5.41) is 0. The van der Waals surface area contributed by atoms with E-state index in [1.165, 1.54) is 70.6 Å². The van der Waals surface area contributed by atoms with Crippen LogP contribution in [-0.2, 0) is 0 Å². The summed E-state index contributed by atoms with van der Waals surface area (Å²) in [5.41, 5.74) is 5.95. The van der Waals surface area contributed by atoms with Crippen LogP contribution in [0, 0.1) is 17.8 Å². The second-order valence-electron chi connectivity index (χ2n) is 6.40. The summed E-state index contributed by atoms with van der Waals surface area (Å²) in [6, 6.07) is 0. The molecule has 1 aliphatic carbocycles. The molecule has 108 valence electrons. The fraction of sp³-hybridized carbons (Fsp3) is 1.00. The Morgan fingerprint density at radius 3 is 2.28 bits per heavy atom. The summed E-state index contributed by atoms with van der Waals surface area (Å²) >= 11 is 0. The Morgan fingerprint density at radius 1 is 0.889 bits per heavy atom. The van der Waals surface area contributed by atoms with E-state index in [4.69, 9.17) is 5.73 Å². The third-order valence-corrected chi connectivity index (χ3v) is 5.06. The van der Waals surface area contributed by atoms with Crippen molar-refractivity contribution in [2.75, 3.05) is 6.54 Å². The molecule has 0 saturated heterocycles. The maximum Gasteiger partial charge on any atom is -0.00462 e. The SMILES string of the molecule is CCCCCCCCC1CC(CC)CCC1CN. The van der Waals surface area contributed by atoms with Gasteiger partial charge in [0.15, 0.2) is 0 Å². The highest BCUT2D eigenvalue weighted by Crippen LogP contribution is 2.37. The highest BCUT2D eigenvalue weighted by atomic mass is 14.6. The van der Waals surface area contributed by atoms with Crippen molar-refractivity contribution < 1.29 is 0 Å². The third-order valence-electron chi connectivity index (χ3n) is 5.06. The summed E-state index contributed by atoms with van der Waals surface area (Å²) in [6.07, 6.45) is 15.7. The van der Waals surface area contributed by atoms with Gasteiger partial charge in [0.2, 0.25) is 0 Å². The van der Waals surface area contributed by atoms with Crippen molar-refractivity contribution in [3.8, 4) is 0 Å². The standard InChI is InChI=1S/C17H35N/c1-3-5-6-7-8-9-10-16-13-15(4-2)11-12-17(16)14-18/h15-17H,3-14,18H2,1-2H3. The van der Waals surface area contributed by atoms with Gasteiger partial charge in [-0.2, -0.15) is 0 Å². The van der Waals surface area contributed by atoms with Crippen LogP contribution in [0.2, 0.25) is 0 Å². The Balaban J connectivity index is 2.16. The van der Waals surface area contributed by atoms with E-state index < -0.39 is 0 Å². The first-order valence-corrected chi connectivity index (χ1v) is 8.51. The molecule has 0 heterocycles. The van der Waals surface area contributed by atoms with Gasteiger partial charge in [0.25, 0.3) is 0 Å². The zero-order valence-electron chi connectivity index (χ0n) is 12.8. The summed E-state index contributed by atoms with van der Waals surface area (Å²) < 4.78 is 0. The Kier molecular flexibility index (Phi) is 8.75.